The molecule has 3 heterocycles. The van der Waals surface area contributed by atoms with Gasteiger partial charge in [0, 0.05) is 43.8 Å². The van der Waals surface area contributed by atoms with Crippen molar-refractivity contribution in [2.24, 2.45) is 7.05 Å². The van der Waals surface area contributed by atoms with E-state index >= 15 is 0 Å². The lowest BCUT2D eigenvalue weighted by Gasteiger charge is -2.40. The molecule has 0 atom stereocenters. The Morgan fingerprint density at radius 3 is 1.41 bits per heavy atom. The summed E-state index contributed by atoms with van der Waals surface area (Å²) in [4.78, 5) is 28.3. The van der Waals surface area contributed by atoms with Crippen LogP contribution in [0.15, 0.2) is 97.6 Å². The molecule has 5 rings (SSSR count). The first-order valence-electron chi connectivity index (χ1n) is 14.4. The number of aryl methyl sites for hydroxylation is 1. The van der Waals surface area contributed by atoms with Crippen molar-refractivity contribution in [3.63, 3.8) is 0 Å². The fourth-order valence-electron chi connectivity index (χ4n) is 4.91. The Morgan fingerprint density at radius 2 is 1.02 bits per heavy atom. The predicted octanol–water partition coefficient (Wildman–Crippen LogP) is -5.78. The van der Waals surface area contributed by atoms with Gasteiger partial charge in [-0.3, -0.25) is 9.59 Å². The maximum absolute atomic E-state index is 12.8. The molecule has 0 fully saturated rings. The number of carbonyl (C=O) groups is 2. The number of anilines is 4. The van der Waals surface area contributed by atoms with Crippen LogP contribution in [-0.4, -0.2) is 36.6 Å². The minimum absolute atomic E-state index is 0.00681. The lowest BCUT2D eigenvalue weighted by Crippen LogP contribution is -2.68. The summed E-state index contributed by atoms with van der Waals surface area (Å²) >= 11 is 0. The molecular formula is C31H33Cl2N5O11. The summed E-state index contributed by atoms with van der Waals surface area (Å²) in [7, 11) is -7.89. The van der Waals surface area contributed by atoms with Crippen molar-refractivity contribution in [3.05, 3.63) is 97.6 Å². The Labute approximate surface area is 285 Å². The van der Waals surface area contributed by atoms with Crippen LogP contribution >= 0.6 is 0 Å². The highest BCUT2D eigenvalue weighted by Gasteiger charge is 2.28. The minimum atomic E-state index is -4.94. The van der Waals surface area contributed by atoms with Crippen LogP contribution in [0.3, 0.4) is 0 Å². The van der Waals surface area contributed by atoms with Crippen LogP contribution in [0.25, 0.3) is 11.1 Å². The minimum Gasteiger partial charge on any atom is -0.481 e. The summed E-state index contributed by atoms with van der Waals surface area (Å²) in [5.41, 5.74) is 6.15. The van der Waals surface area contributed by atoms with Crippen LogP contribution in [0.5, 0.6) is 0 Å². The summed E-state index contributed by atoms with van der Waals surface area (Å²) in [5.74, 6) is -0.837. The van der Waals surface area contributed by atoms with Gasteiger partial charge in [-0.25, -0.2) is 46.4 Å². The molecule has 1 aliphatic rings. The van der Waals surface area contributed by atoms with Gasteiger partial charge in [0.05, 0.1) is 35.7 Å². The number of rotatable bonds is 10. The number of carbonyl (C=O) groups excluding carboxylic acids is 1. The molecule has 2 aromatic carbocycles. The zero-order chi connectivity index (χ0) is 36.2. The monoisotopic (exact) mass is 721 g/mol. The third-order valence-corrected chi connectivity index (χ3v) is 6.93. The summed E-state index contributed by atoms with van der Waals surface area (Å²) in [6.45, 7) is 2.12. The van der Waals surface area contributed by atoms with Gasteiger partial charge >= 0.3 is 5.97 Å². The maximum Gasteiger partial charge on any atom is 0.305 e. The quantitative estimate of drug-likeness (QED) is 0.145. The number of carboxylic acids is 1. The zero-order valence-corrected chi connectivity index (χ0v) is 27.6. The van der Waals surface area contributed by atoms with E-state index in [1.165, 1.54) is 5.56 Å². The second-order valence-electron chi connectivity index (χ2n) is 10.4. The molecule has 2 N–H and O–H groups in total. The SMILES string of the molecule is C[n+]1ccc(-c2cc[n+](CCNC(=O)CCN3c4ccccc4N(CCC(=O)O)c4ccccc43)cc2)cc1.[O-][Cl+3]([O-])([O-])[O-].[O-][Cl+3]([O-])([O-])[O-]. The average Bonchev–Trinajstić information content (AvgIpc) is 3.02. The van der Waals surface area contributed by atoms with Gasteiger partial charge in [-0.2, -0.15) is 0 Å². The number of nitrogens with zero attached hydrogens (tertiary/aromatic N) is 4. The third kappa shape index (κ3) is 13.9. The molecule has 18 heteroatoms. The number of amides is 1. The normalized spacial score (nSPS) is 12.0. The van der Waals surface area contributed by atoms with Gasteiger partial charge in [-0.1, -0.05) is 24.3 Å². The van der Waals surface area contributed by atoms with Crippen LogP contribution in [0.2, 0.25) is 0 Å². The first-order valence-corrected chi connectivity index (χ1v) is 16.9. The molecule has 4 aromatic rings. The predicted molar refractivity (Wildman–Crippen MR) is 150 cm³/mol. The van der Waals surface area contributed by atoms with Crippen molar-refractivity contribution in [2.75, 3.05) is 29.4 Å². The lowest BCUT2D eigenvalue weighted by atomic mass is 10.1. The summed E-state index contributed by atoms with van der Waals surface area (Å²) in [5, 5.41) is 12.3. The number of pyridine rings is 2. The van der Waals surface area contributed by atoms with Crippen molar-refractivity contribution in [1.29, 1.82) is 0 Å². The van der Waals surface area contributed by atoms with Crippen LogP contribution in [0, 0.1) is 20.5 Å². The van der Waals surface area contributed by atoms with E-state index in [-0.39, 0.29) is 12.3 Å². The number of hydrogen-bond donors (Lipinski definition) is 2. The molecule has 0 aliphatic carbocycles. The van der Waals surface area contributed by atoms with Gasteiger partial charge in [0.25, 0.3) is 0 Å². The zero-order valence-electron chi connectivity index (χ0n) is 26.1. The molecule has 0 unspecified atom stereocenters. The Balaban J connectivity index is 0.000000571. The molecule has 1 amide bonds. The second kappa shape index (κ2) is 17.8. The van der Waals surface area contributed by atoms with E-state index in [1.807, 2.05) is 84.9 Å². The highest BCUT2D eigenvalue weighted by Crippen LogP contribution is 2.47. The summed E-state index contributed by atoms with van der Waals surface area (Å²) in [6, 6.07) is 24.2. The highest BCUT2D eigenvalue weighted by molar-refractivity contribution is 5.94. The third-order valence-electron chi connectivity index (χ3n) is 6.93. The van der Waals surface area contributed by atoms with Crippen molar-refractivity contribution < 1.29 is 81.6 Å². The van der Waals surface area contributed by atoms with E-state index in [1.54, 1.807) is 0 Å². The van der Waals surface area contributed by atoms with Crippen LogP contribution in [0.4, 0.5) is 22.7 Å². The van der Waals surface area contributed by atoms with Gasteiger partial charge in [0.2, 0.25) is 5.91 Å². The number of nitrogens with one attached hydrogen (secondary N) is 1. The van der Waals surface area contributed by atoms with Crippen molar-refractivity contribution in [3.8, 4) is 11.1 Å². The van der Waals surface area contributed by atoms with Gasteiger partial charge < -0.3 is 20.2 Å². The Morgan fingerprint density at radius 1 is 0.653 bits per heavy atom. The van der Waals surface area contributed by atoms with Crippen LogP contribution in [0.1, 0.15) is 12.8 Å². The van der Waals surface area contributed by atoms with Gasteiger partial charge in [-0.05, 0) is 35.4 Å². The number of benzene rings is 2. The van der Waals surface area contributed by atoms with Crippen LogP contribution in [-0.2, 0) is 23.2 Å². The fourth-order valence-corrected chi connectivity index (χ4v) is 4.91. The van der Waals surface area contributed by atoms with E-state index in [4.69, 9.17) is 37.3 Å². The number of fused-ring (bicyclic) bond motifs is 2. The van der Waals surface area contributed by atoms with Crippen molar-refractivity contribution in [1.82, 2.24) is 5.32 Å². The first-order chi connectivity index (χ1) is 23.0. The Kier molecular flexibility index (Phi) is 14.2. The molecule has 0 radical (unpaired) electrons. The molecule has 262 valence electrons. The maximum atomic E-state index is 12.8. The van der Waals surface area contributed by atoms with E-state index in [9.17, 15) is 14.7 Å². The molecule has 0 bridgehead atoms. The van der Waals surface area contributed by atoms with E-state index in [2.05, 4.69) is 43.9 Å². The molecule has 0 saturated carbocycles. The number of para-hydroxylation sites is 4. The number of aromatic nitrogens is 2. The highest BCUT2D eigenvalue weighted by atomic mass is 35.7. The van der Waals surface area contributed by atoms with Gasteiger partial charge in [0.1, 0.15) is 7.05 Å². The molecule has 0 spiro atoms. The van der Waals surface area contributed by atoms with Gasteiger partial charge in [0.15, 0.2) is 31.3 Å². The van der Waals surface area contributed by atoms with E-state index < -0.39 is 26.5 Å². The first kappa shape index (κ1) is 39.0. The van der Waals surface area contributed by atoms with E-state index in [0.717, 1.165) is 28.3 Å². The molecule has 2 aromatic heterocycles. The molecular weight excluding hydrogens is 689 g/mol. The molecule has 16 nitrogen and oxygen atoms in total. The van der Waals surface area contributed by atoms with Crippen molar-refractivity contribution >= 4 is 34.6 Å². The van der Waals surface area contributed by atoms with Gasteiger partial charge in [-0.15, -0.1) is 20.5 Å². The molecule has 49 heavy (non-hydrogen) atoms. The lowest BCUT2D eigenvalue weighted by molar-refractivity contribution is -2.00. The summed E-state index contributed by atoms with van der Waals surface area (Å²) in [6.07, 6.45) is 8.51. The Hall–Kier alpha value is -4.46. The average molecular weight is 723 g/mol. The Bertz CT molecular complexity index is 1600. The largest absolute Gasteiger partial charge is 0.481 e. The number of carboxylic acid groups (broad SMARTS) is 1. The molecule has 0 saturated heterocycles. The number of hydrogen-bond acceptors (Lipinski definition) is 12. The topological polar surface area (TPSA) is 265 Å². The van der Waals surface area contributed by atoms with E-state index in [0.29, 0.717) is 32.6 Å². The number of halogens is 2. The van der Waals surface area contributed by atoms with Crippen LogP contribution < -0.4 is 61.5 Å². The second-order valence-corrected chi connectivity index (χ2v) is 11.9. The smallest absolute Gasteiger partial charge is 0.305 e. The molecule has 1 aliphatic heterocycles. The van der Waals surface area contributed by atoms with Crippen molar-refractivity contribution in [2.45, 2.75) is 19.4 Å². The number of aliphatic carboxylic acids is 1. The standard InChI is InChI=1S/C31H31N5O3.2ClHO4/c1-33-17-10-24(11-18-33)25-12-19-34(20-13-25)23-16-32-30(37)14-21-35-26-6-2-4-8-28(26)36(22-15-31(38)39)29-9-5-3-7-27(29)35;2*2-1(3,4)5/h2-13,17-20H,14-16,21-23H2,1H3;2*(H,2,3,4,5). The fraction of sp³-hybridized carbons (Fsp3) is 0.226. The summed E-state index contributed by atoms with van der Waals surface area (Å²) < 4.78 is 72.0.